The van der Waals surface area contributed by atoms with Crippen molar-refractivity contribution in [3.05, 3.63) is 94.5 Å². The first kappa shape index (κ1) is 19.6. The molecule has 7 heteroatoms. The summed E-state index contributed by atoms with van der Waals surface area (Å²) in [6.45, 7) is 3.83. The average Bonchev–Trinajstić information content (AvgIpc) is 3.42. The lowest BCUT2D eigenvalue weighted by Crippen LogP contribution is -2.42. The second kappa shape index (κ2) is 8.34. The van der Waals surface area contributed by atoms with Crippen molar-refractivity contribution < 1.29 is 9.59 Å². The first-order chi connectivity index (χ1) is 14.5. The summed E-state index contributed by atoms with van der Waals surface area (Å²) in [6, 6.07) is 20.5. The van der Waals surface area contributed by atoms with Gasteiger partial charge in [-0.25, -0.2) is 4.68 Å². The Morgan fingerprint density at radius 2 is 1.67 bits per heavy atom. The Hall–Kier alpha value is -3.71. The summed E-state index contributed by atoms with van der Waals surface area (Å²) in [7, 11) is 0. The van der Waals surface area contributed by atoms with Gasteiger partial charge in [-0.1, -0.05) is 42.0 Å². The Bertz CT molecular complexity index is 1200. The number of amides is 2. The highest BCUT2D eigenvalue weighted by Gasteiger charge is 2.19. The summed E-state index contributed by atoms with van der Waals surface area (Å²) < 4.78 is 1.58. The molecule has 4 rings (SSSR count). The molecular formula is C23H20N4O2S. The van der Waals surface area contributed by atoms with Crippen molar-refractivity contribution in [2.45, 2.75) is 13.8 Å². The molecule has 2 aromatic carbocycles. The van der Waals surface area contributed by atoms with E-state index in [0.717, 1.165) is 21.7 Å². The lowest BCUT2D eigenvalue weighted by molar-refractivity contribution is 0.0842. The van der Waals surface area contributed by atoms with Crippen LogP contribution in [0.3, 0.4) is 0 Å². The number of carbonyl (C=O) groups excluding carboxylic acids is 2. The maximum Gasteiger partial charge on any atom is 0.288 e. The van der Waals surface area contributed by atoms with E-state index in [1.165, 1.54) is 0 Å². The topological polar surface area (TPSA) is 76.0 Å². The standard InChI is InChI=1S/C23H20N4O2S/c1-15-10-11-18(16(2)13-15)22(28)24-25-23(29)20-14-19(21-9-6-12-30-21)26-27(20)17-7-4-3-5-8-17/h3-14H,1-2H3,(H,24,28)(H,25,29). The molecule has 2 N–H and O–H groups in total. The van der Waals surface area contributed by atoms with Crippen LogP contribution in [0.2, 0.25) is 0 Å². The van der Waals surface area contributed by atoms with Gasteiger partial charge in [0.2, 0.25) is 0 Å². The predicted octanol–water partition coefficient (Wildman–Crippen LogP) is 4.29. The Morgan fingerprint density at radius 3 is 2.37 bits per heavy atom. The van der Waals surface area contributed by atoms with Crippen molar-refractivity contribution in [1.29, 1.82) is 0 Å². The van der Waals surface area contributed by atoms with E-state index in [9.17, 15) is 9.59 Å². The molecule has 0 aliphatic rings. The number of carbonyl (C=O) groups is 2. The van der Waals surface area contributed by atoms with Crippen LogP contribution in [-0.4, -0.2) is 21.6 Å². The van der Waals surface area contributed by atoms with Crippen LogP contribution in [-0.2, 0) is 0 Å². The van der Waals surface area contributed by atoms with E-state index in [-0.39, 0.29) is 5.91 Å². The van der Waals surface area contributed by atoms with Gasteiger partial charge in [0.05, 0.1) is 10.6 Å². The summed E-state index contributed by atoms with van der Waals surface area (Å²) in [4.78, 5) is 26.4. The van der Waals surface area contributed by atoms with E-state index in [1.54, 1.807) is 28.2 Å². The van der Waals surface area contributed by atoms with Crippen LogP contribution in [0.25, 0.3) is 16.3 Å². The average molecular weight is 417 g/mol. The molecule has 0 bridgehead atoms. The summed E-state index contributed by atoms with van der Waals surface area (Å²) in [5.74, 6) is -0.822. The van der Waals surface area contributed by atoms with Gasteiger partial charge in [0.1, 0.15) is 11.4 Å². The largest absolute Gasteiger partial charge is 0.288 e. The fourth-order valence-electron chi connectivity index (χ4n) is 3.17. The van der Waals surface area contributed by atoms with Gasteiger partial charge in [-0.15, -0.1) is 11.3 Å². The Morgan fingerprint density at radius 1 is 0.900 bits per heavy atom. The van der Waals surface area contributed by atoms with Crippen LogP contribution in [0.1, 0.15) is 32.0 Å². The van der Waals surface area contributed by atoms with Crippen LogP contribution in [0.5, 0.6) is 0 Å². The van der Waals surface area contributed by atoms with Crippen LogP contribution >= 0.6 is 11.3 Å². The zero-order chi connectivity index (χ0) is 21.1. The van der Waals surface area contributed by atoms with Gasteiger partial charge in [-0.05, 0) is 55.1 Å². The zero-order valence-electron chi connectivity index (χ0n) is 16.5. The number of nitrogens with zero attached hydrogens (tertiary/aromatic N) is 2. The number of para-hydroxylation sites is 1. The minimum absolute atomic E-state index is 0.325. The molecule has 0 saturated heterocycles. The van der Waals surface area contributed by atoms with E-state index in [4.69, 9.17) is 0 Å². The van der Waals surface area contributed by atoms with Gasteiger partial charge in [-0.3, -0.25) is 20.4 Å². The number of thiophene rings is 1. The Balaban J connectivity index is 1.59. The minimum Gasteiger partial charge on any atom is -0.267 e. The Kier molecular flexibility index (Phi) is 5.45. The zero-order valence-corrected chi connectivity index (χ0v) is 17.4. The number of hydrogen-bond donors (Lipinski definition) is 2. The third kappa shape index (κ3) is 4.01. The second-order valence-electron chi connectivity index (χ2n) is 6.87. The number of hydrazine groups is 1. The molecule has 0 atom stereocenters. The molecular weight excluding hydrogens is 396 g/mol. The fraction of sp³-hybridized carbons (Fsp3) is 0.0870. The minimum atomic E-state index is -0.452. The molecule has 0 radical (unpaired) electrons. The number of aryl methyl sites for hydroxylation is 2. The molecule has 0 saturated carbocycles. The molecule has 2 amide bonds. The predicted molar refractivity (Wildman–Crippen MR) is 118 cm³/mol. The van der Waals surface area contributed by atoms with Gasteiger partial charge in [0.25, 0.3) is 11.8 Å². The van der Waals surface area contributed by atoms with E-state index in [2.05, 4.69) is 16.0 Å². The summed E-state index contributed by atoms with van der Waals surface area (Å²) in [5, 5.41) is 6.57. The van der Waals surface area contributed by atoms with Crippen molar-refractivity contribution in [3.63, 3.8) is 0 Å². The molecule has 2 heterocycles. The monoisotopic (exact) mass is 416 g/mol. The quantitative estimate of drug-likeness (QED) is 0.487. The van der Waals surface area contributed by atoms with Gasteiger partial charge < -0.3 is 0 Å². The molecule has 0 aliphatic heterocycles. The van der Waals surface area contributed by atoms with Crippen LogP contribution in [0, 0.1) is 13.8 Å². The third-order valence-corrected chi connectivity index (χ3v) is 5.52. The summed E-state index contributed by atoms with van der Waals surface area (Å²) in [6.07, 6.45) is 0. The molecule has 0 aliphatic carbocycles. The molecule has 0 unspecified atom stereocenters. The number of rotatable bonds is 4. The molecule has 2 aromatic heterocycles. The molecule has 0 spiro atoms. The highest BCUT2D eigenvalue weighted by Crippen LogP contribution is 2.25. The Labute approximate surface area is 178 Å². The van der Waals surface area contributed by atoms with Crippen molar-refractivity contribution in [2.75, 3.05) is 0 Å². The van der Waals surface area contributed by atoms with Gasteiger partial charge in [-0.2, -0.15) is 5.10 Å². The van der Waals surface area contributed by atoms with E-state index in [0.29, 0.717) is 17.0 Å². The first-order valence-electron chi connectivity index (χ1n) is 9.40. The van der Waals surface area contributed by atoms with Crippen molar-refractivity contribution in [3.8, 4) is 16.3 Å². The summed E-state index contributed by atoms with van der Waals surface area (Å²) in [5.41, 5.74) is 9.21. The maximum absolute atomic E-state index is 12.9. The molecule has 4 aromatic rings. The summed E-state index contributed by atoms with van der Waals surface area (Å²) >= 11 is 1.55. The normalized spacial score (nSPS) is 10.6. The van der Waals surface area contributed by atoms with E-state index >= 15 is 0 Å². The molecule has 150 valence electrons. The van der Waals surface area contributed by atoms with Crippen LogP contribution in [0.15, 0.2) is 72.1 Å². The van der Waals surface area contributed by atoms with Gasteiger partial charge in [0.15, 0.2) is 0 Å². The highest BCUT2D eigenvalue weighted by atomic mass is 32.1. The van der Waals surface area contributed by atoms with Gasteiger partial charge in [0, 0.05) is 5.56 Å². The second-order valence-corrected chi connectivity index (χ2v) is 7.81. The molecule has 0 fully saturated rings. The SMILES string of the molecule is Cc1ccc(C(=O)NNC(=O)c2cc(-c3cccs3)nn2-c2ccccc2)c(C)c1. The molecule has 30 heavy (non-hydrogen) atoms. The van der Waals surface area contributed by atoms with Crippen LogP contribution in [0.4, 0.5) is 0 Å². The fourth-order valence-corrected chi connectivity index (χ4v) is 3.85. The third-order valence-electron chi connectivity index (χ3n) is 4.63. The van der Waals surface area contributed by atoms with Crippen molar-refractivity contribution in [2.24, 2.45) is 0 Å². The van der Waals surface area contributed by atoms with Crippen molar-refractivity contribution >= 4 is 23.2 Å². The van der Waals surface area contributed by atoms with Crippen molar-refractivity contribution in [1.82, 2.24) is 20.6 Å². The lowest BCUT2D eigenvalue weighted by Gasteiger charge is -2.11. The van der Waals surface area contributed by atoms with Crippen LogP contribution < -0.4 is 10.9 Å². The van der Waals surface area contributed by atoms with E-state index in [1.807, 2.05) is 73.8 Å². The highest BCUT2D eigenvalue weighted by molar-refractivity contribution is 7.13. The number of benzene rings is 2. The van der Waals surface area contributed by atoms with Gasteiger partial charge >= 0.3 is 0 Å². The molecule has 6 nitrogen and oxygen atoms in total. The number of hydrogen-bond acceptors (Lipinski definition) is 4. The number of nitrogens with one attached hydrogen (secondary N) is 2. The maximum atomic E-state index is 12.9. The lowest BCUT2D eigenvalue weighted by atomic mass is 10.1. The number of aromatic nitrogens is 2. The van der Waals surface area contributed by atoms with E-state index < -0.39 is 5.91 Å². The first-order valence-corrected chi connectivity index (χ1v) is 10.3. The smallest absolute Gasteiger partial charge is 0.267 e.